The van der Waals surface area contributed by atoms with Gasteiger partial charge >= 0.3 is 0 Å². The SMILES string of the molecule is O[C@H](CN1CCN(c2ccccc2F)CC1)c1ccc2c(c1)OCCO2. The first-order valence-electron chi connectivity index (χ1n) is 9.00. The van der Waals surface area contributed by atoms with Crippen molar-refractivity contribution in [3.63, 3.8) is 0 Å². The van der Waals surface area contributed by atoms with Gasteiger partial charge in [0.1, 0.15) is 19.0 Å². The Kier molecular flexibility index (Phi) is 4.95. The zero-order chi connectivity index (χ0) is 17.9. The summed E-state index contributed by atoms with van der Waals surface area (Å²) < 4.78 is 25.0. The summed E-state index contributed by atoms with van der Waals surface area (Å²) in [5, 5.41) is 10.6. The summed E-state index contributed by atoms with van der Waals surface area (Å²) in [7, 11) is 0. The Morgan fingerprint density at radius 2 is 1.69 bits per heavy atom. The van der Waals surface area contributed by atoms with Crippen molar-refractivity contribution >= 4 is 5.69 Å². The number of aliphatic hydroxyl groups is 1. The first-order valence-corrected chi connectivity index (χ1v) is 9.00. The maximum Gasteiger partial charge on any atom is 0.161 e. The summed E-state index contributed by atoms with van der Waals surface area (Å²) in [5.74, 6) is 1.24. The zero-order valence-corrected chi connectivity index (χ0v) is 14.6. The van der Waals surface area contributed by atoms with Gasteiger partial charge in [0.15, 0.2) is 11.5 Å². The van der Waals surface area contributed by atoms with E-state index in [1.165, 1.54) is 6.07 Å². The number of hydrogen-bond donors (Lipinski definition) is 1. The van der Waals surface area contributed by atoms with Gasteiger partial charge in [-0.3, -0.25) is 4.90 Å². The molecule has 5 nitrogen and oxygen atoms in total. The van der Waals surface area contributed by atoms with Crippen LogP contribution in [-0.4, -0.2) is 55.9 Å². The van der Waals surface area contributed by atoms with Crippen LogP contribution < -0.4 is 14.4 Å². The molecule has 0 aliphatic carbocycles. The van der Waals surface area contributed by atoms with Crippen LogP contribution in [0.5, 0.6) is 11.5 Å². The second kappa shape index (κ2) is 7.51. The summed E-state index contributed by atoms with van der Waals surface area (Å²) in [5.41, 5.74) is 1.48. The molecular formula is C20H23FN2O3. The number of hydrogen-bond acceptors (Lipinski definition) is 5. The number of aliphatic hydroxyl groups excluding tert-OH is 1. The monoisotopic (exact) mass is 358 g/mol. The maximum atomic E-state index is 13.9. The molecule has 2 aromatic rings. The third kappa shape index (κ3) is 3.61. The van der Waals surface area contributed by atoms with Crippen molar-refractivity contribution in [2.45, 2.75) is 6.10 Å². The number of benzene rings is 2. The van der Waals surface area contributed by atoms with Crippen molar-refractivity contribution in [3.05, 3.63) is 53.8 Å². The van der Waals surface area contributed by atoms with E-state index in [2.05, 4.69) is 9.80 Å². The predicted octanol–water partition coefficient (Wildman–Crippen LogP) is 2.45. The van der Waals surface area contributed by atoms with Gasteiger partial charge in [0, 0.05) is 32.7 Å². The maximum absolute atomic E-state index is 13.9. The largest absolute Gasteiger partial charge is 0.486 e. The molecule has 1 fully saturated rings. The number of nitrogens with zero attached hydrogens (tertiary/aromatic N) is 2. The third-order valence-electron chi connectivity index (χ3n) is 4.95. The fourth-order valence-electron chi connectivity index (χ4n) is 3.50. The lowest BCUT2D eigenvalue weighted by atomic mass is 10.1. The van der Waals surface area contributed by atoms with Crippen LogP contribution in [0, 0.1) is 5.82 Å². The van der Waals surface area contributed by atoms with Gasteiger partial charge in [-0.2, -0.15) is 0 Å². The van der Waals surface area contributed by atoms with E-state index in [0.29, 0.717) is 31.2 Å². The molecular weight excluding hydrogens is 335 g/mol. The van der Waals surface area contributed by atoms with Gasteiger partial charge in [-0.25, -0.2) is 4.39 Å². The molecule has 2 aliphatic rings. The first-order chi connectivity index (χ1) is 12.7. The Labute approximate surface area is 152 Å². The van der Waals surface area contributed by atoms with Crippen LogP contribution >= 0.6 is 0 Å². The molecule has 6 heteroatoms. The van der Waals surface area contributed by atoms with Crippen LogP contribution in [0.2, 0.25) is 0 Å². The Balaban J connectivity index is 1.35. The molecule has 2 aliphatic heterocycles. The molecule has 0 radical (unpaired) electrons. The van der Waals surface area contributed by atoms with Crippen LogP contribution in [0.4, 0.5) is 10.1 Å². The minimum absolute atomic E-state index is 0.183. The van der Waals surface area contributed by atoms with Gasteiger partial charge < -0.3 is 19.5 Å². The third-order valence-corrected chi connectivity index (χ3v) is 4.95. The number of fused-ring (bicyclic) bond motifs is 1. The molecule has 0 amide bonds. The number of β-amino-alcohol motifs (C(OH)–C–C–N with tert-alkyl or cyclic N) is 1. The highest BCUT2D eigenvalue weighted by molar-refractivity contribution is 5.48. The van der Waals surface area contributed by atoms with Gasteiger partial charge in [-0.05, 0) is 29.8 Å². The molecule has 1 N–H and O–H groups in total. The minimum atomic E-state index is -0.592. The Hall–Kier alpha value is -2.31. The van der Waals surface area contributed by atoms with Crippen LogP contribution in [-0.2, 0) is 0 Å². The van der Waals surface area contributed by atoms with Crippen LogP contribution in [0.3, 0.4) is 0 Å². The van der Waals surface area contributed by atoms with Crippen molar-refractivity contribution in [1.29, 1.82) is 0 Å². The minimum Gasteiger partial charge on any atom is -0.486 e. The molecule has 0 saturated carbocycles. The number of anilines is 1. The fourth-order valence-corrected chi connectivity index (χ4v) is 3.50. The van der Waals surface area contributed by atoms with E-state index in [9.17, 15) is 9.50 Å². The van der Waals surface area contributed by atoms with Crippen LogP contribution in [0.15, 0.2) is 42.5 Å². The highest BCUT2D eigenvalue weighted by Crippen LogP contribution is 2.33. The molecule has 0 aromatic heterocycles. The molecule has 2 heterocycles. The van der Waals surface area contributed by atoms with Crippen molar-refractivity contribution in [2.24, 2.45) is 0 Å². The molecule has 1 atom stereocenters. The van der Waals surface area contributed by atoms with Gasteiger partial charge in [0.05, 0.1) is 11.8 Å². The number of halogens is 1. The molecule has 0 bridgehead atoms. The first kappa shape index (κ1) is 17.1. The van der Waals surface area contributed by atoms with Crippen LogP contribution in [0.1, 0.15) is 11.7 Å². The number of para-hydroxylation sites is 1. The van der Waals surface area contributed by atoms with E-state index in [1.54, 1.807) is 6.07 Å². The van der Waals surface area contributed by atoms with Gasteiger partial charge in [-0.1, -0.05) is 18.2 Å². The van der Waals surface area contributed by atoms with Crippen molar-refractivity contribution in [3.8, 4) is 11.5 Å². The Morgan fingerprint density at radius 1 is 0.962 bits per heavy atom. The summed E-state index contributed by atoms with van der Waals surface area (Å²) >= 11 is 0. The molecule has 138 valence electrons. The molecule has 1 saturated heterocycles. The van der Waals surface area contributed by atoms with E-state index in [0.717, 1.165) is 37.5 Å². The second-order valence-corrected chi connectivity index (χ2v) is 6.66. The molecule has 4 rings (SSSR count). The zero-order valence-electron chi connectivity index (χ0n) is 14.6. The van der Waals surface area contributed by atoms with E-state index in [1.807, 2.05) is 30.3 Å². The summed E-state index contributed by atoms with van der Waals surface area (Å²) in [6.45, 7) is 4.70. The number of rotatable bonds is 4. The lowest BCUT2D eigenvalue weighted by Crippen LogP contribution is -2.47. The van der Waals surface area contributed by atoms with E-state index >= 15 is 0 Å². The standard InChI is InChI=1S/C20H23FN2O3/c21-16-3-1-2-4-17(16)23-9-7-22(8-10-23)14-18(24)15-5-6-19-20(13-15)26-12-11-25-19/h1-6,13,18,24H,7-12,14H2/t18-/m1/s1. The number of piperazine rings is 1. The van der Waals surface area contributed by atoms with Crippen molar-refractivity contribution < 1.29 is 19.0 Å². The van der Waals surface area contributed by atoms with Gasteiger partial charge in [-0.15, -0.1) is 0 Å². The van der Waals surface area contributed by atoms with Crippen molar-refractivity contribution in [2.75, 3.05) is 50.8 Å². The molecule has 0 spiro atoms. The van der Waals surface area contributed by atoms with Crippen molar-refractivity contribution in [1.82, 2.24) is 4.90 Å². The second-order valence-electron chi connectivity index (χ2n) is 6.66. The van der Waals surface area contributed by atoms with E-state index in [4.69, 9.17) is 9.47 Å². The lowest BCUT2D eigenvalue weighted by Gasteiger charge is -2.37. The van der Waals surface area contributed by atoms with Gasteiger partial charge in [0.25, 0.3) is 0 Å². The molecule has 26 heavy (non-hydrogen) atoms. The summed E-state index contributed by atoms with van der Waals surface area (Å²) in [6.07, 6.45) is -0.592. The smallest absolute Gasteiger partial charge is 0.161 e. The fraction of sp³-hybridized carbons (Fsp3) is 0.400. The van der Waals surface area contributed by atoms with Crippen LogP contribution in [0.25, 0.3) is 0 Å². The topological polar surface area (TPSA) is 45.2 Å². The predicted molar refractivity (Wildman–Crippen MR) is 97.4 cm³/mol. The molecule has 0 unspecified atom stereocenters. The normalized spacial score (nSPS) is 18.6. The Bertz CT molecular complexity index is 762. The summed E-state index contributed by atoms with van der Waals surface area (Å²) in [6, 6.07) is 12.5. The van der Waals surface area contributed by atoms with E-state index < -0.39 is 6.10 Å². The van der Waals surface area contributed by atoms with Gasteiger partial charge in [0.2, 0.25) is 0 Å². The average Bonchev–Trinajstić information content (AvgIpc) is 2.69. The Morgan fingerprint density at radius 3 is 2.46 bits per heavy atom. The number of ether oxygens (including phenoxy) is 2. The van der Waals surface area contributed by atoms with E-state index in [-0.39, 0.29) is 5.82 Å². The summed E-state index contributed by atoms with van der Waals surface area (Å²) in [4.78, 5) is 4.26. The quantitative estimate of drug-likeness (QED) is 0.910. The molecule has 2 aromatic carbocycles. The highest BCUT2D eigenvalue weighted by Gasteiger charge is 2.22. The lowest BCUT2D eigenvalue weighted by molar-refractivity contribution is 0.108. The highest BCUT2D eigenvalue weighted by atomic mass is 19.1. The average molecular weight is 358 g/mol.